The van der Waals surface area contributed by atoms with Gasteiger partial charge in [-0.3, -0.25) is 4.79 Å². The van der Waals surface area contributed by atoms with E-state index in [9.17, 15) is 4.79 Å². The smallest absolute Gasteiger partial charge is 0.251 e. The van der Waals surface area contributed by atoms with Gasteiger partial charge in [0.1, 0.15) is 12.2 Å². The number of hydrogen-bond acceptors (Lipinski definition) is 5. The molecule has 0 bridgehead atoms. The van der Waals surface area contributed by atoms with Gasteiger partial charge in [0, 0.05) is 30.7 Å². The Morgan fingerprint density at radius 1 is 1.52 bits per heavy atom. The highest BCUT2D eigenvalue weighted by Crippen LogP contribution is 2.19. The number of ether oxygens (including phenoxy) is 1. The molecule has 0 radical (unpaired) electrons. The number of piperidine rings is 1. The Morgan fingerprint density at radius 3 is 3.10 bits per heavy atom. The van der Waals surface area contributed by atoms with Crippen LogP contribution in [0.1, 0.15) is 31.4 Å². The first-order valence-electron chi connectivity index (χ1n) is 6.96. The molecule has 21 heavy (non-hydrogen) atoms. The van der Waals surface area contributed by atoms with Gasteiger partial charge in [0.15, 0.2) is 0 Å². The van der Waals surface area contributed by atoms with E-state index in [-0.39, 0.29) is 23.6 Å². The molecule has 0 aromatic carbocycles. The van der Waals surface area contributed by atoms with E-state index >= 15 is 0 Å². The van der Waals surface area contributed by atoms with Gasteiger partial charge in [0.2, 0.25) is 11.6 Å². The van der Waals surface area contributed by atoms with Crippen LogP contribution in [0.25, 0.3) is 0 Å². The molecule has 0 saturated carbocycles. The number of carbonyl (C=O) groups is 1. The van der Waals surface area contributed by atoms with E-state index in [0.717, 1.165) is 31.1 Å². The summed E-state index contributed by atoms with van der Waals surface area (Å²) in [6.07, 6.45) is 5.96. The van der Waals surface area contributed by atoms with E-state index in [4.69, 9.17) is 10.00 Å². The number of nitriles is 1. The van der Waals surface area contributed by atoms with E-state index in [1.807, 2.05) is 11.0 Å². The number of hydrogen-bond donors (Lipinski definition) is 0. The Bertz CT molecular complexity index is 532. The van der Waals surface area contributed by atoms with Gasteiger partial charge in [0.05, 0.1) is 6.54 Å². The van der Waals surface area contributed by atoms with Crippen molar-refractivity contribution in [3.05, 3.63) is 18.1 Å². The van der Waals surface area contributed by atoms with Gasteiger partial charge in [-0.25, -0.2) is 9.97 Å². The van der Waals surface area contributed by atoms with Gasteiger partial charge >= 0.3 is 0 Å². The maximum absolute atomic E-state index is 12.0. The van der Waals surface area contributed by atoms with Crippen molar-refractivity contribution in [1.29, 1.82) is 5.26 Å². The highest BCUT2D eigenvalue weighted by Gasteiger charge is 2.25. The van der Waals surface area contributed by atoms with Gasteiger partial charge in [-0.15, -0.1) is 0 Å². The first kappa shape index (κ1) is 15.7. The summed E-state index contributed by atoms with van der Waals surface area (Å²) >= 11 is 3.33. The number of halogens is 1. The fraction of sp³-hybridized carbons (Fsp3) is 0.571. The van der Waals surface area contributed by atoms with Crippen LogP contribution in [-0.2, 0) is 4.79 Å². The molecule has 1 fully saturated rings. The minimum Gasteiger partial charge on any atom is -0.470 e. The molecule has 1 atom stereocenters. The second kappa shape index (κ2) is 7.93. The predicted molar refractivity (Wildman–Crippen MR) is 80.0 cm³/mol. The number of carbonyl (C=O) groups excluding carboxylic acids is 1. The Labute approximate surface area is 132 Å². The second-order valence-electron chi connectivity index (χ2n) is 4.84. The number of alkyl halides is 1. The largest absolute Gasteiger partial charge is 0.470 e. The lowest BCUT2D eigenvalue weighted by atomic mass is 10.1. The van der Waals surface area contributed by atoms with E-state index in [0.29, 0.717) is 13.0 Å². The zero-order valence-corrected chi connectivity index (χ0v) is 13.3. The van der Waals surface area contributed by atoms with Crippen LogP contribution < -0.4 is 4.74 Å². The summed E-state index contributed by atoms with van der Waals surface area (Å²) in [5, 5.41) is 9.81. The van der Waals surface area contributed by atoms with Crippen LogP contribution in [0.5, 0.6) is 5.88 Å². The van der Waals surface area contributed by atoms with Crippen LogP contribution in [0, 0.1) is 11.3 Å². The van der Waals surface area contributed by atoms with Crippen molar-refractivity contribution in [1.82, 2.24) is 14.9 Å². The highest BCUT2D eigenvalue weighted by atomic mass is 79.9. The monoisotopic (exact) mass is 352 g/mol. The van der Waals surface area contributed by atoms with Crippen molar-refractivity contribution in [3.63, 3.8) is 0 Å². The Morgan fingerprint density at radius 2 is 2.33 bits per heavy atom. The lowest BCUT2D eigenvalue weighted by Gasteiger charge is -2.32. The summed E-state index contributed by atoms with van der Waals surface area (Å²) in [5.74, 6) is 0.405. The minimum atomic E-state index is -0.129. The summed E-state index contributed by atoms with van der Waals surface area (Å²) in [5.41, 5.74) is 0.181. The molecule has 1 aliphatic heterocycles. The number of likely N-dealkylation sites (tertiary alicyclic amines) is 1. The third kappa shape index (κ3) is 4.39. The summed E-state index contributed by atoms with van der Waals surface area (Å²) in [6, 6.07) is 1.96. The van der Waals surface area contributed by atoms with Crippen molar-refractivity contribution in [3.8, 4) is 11.9 Å². The zero-order valence-electron chi connectivity index (χ0n) is 11.7. The highest BCUT2D eigenvalue weighted by molar-refractivity contribution is 9.09. The molecule has 2 rings (SSSR count). The van der Waals surface area contributed by atoms with Gasteiger partial charge in [0.25, 0.3) is 5.88 Å². The third-order valence-corrected chi connectivity index (χ3v) is 3.86. The number of nitrogens with zero attached hydrogens (tertiary/aromatic N) is 4. The molecule has 0 N–H and O–H groups in total. The molecule has 6 nitrogen and oxygen atoms in total. The molecule has 1 aliphatic rings. The van der Waals surface area contributed by atoms with Gasteiger partial charge < -0.3 is 9.64 Å². The SMILES string of the molecule is N#Cc1nccnc1OC1CCCN(C(=O)CCCBr)C1. The fourth-order valence-corrected chi connectivity index (χ4v) is 2.56. The quantitative estimate of drug-likeness (QED) is 0.756. The van der Waals surface area contributed by atoms with E-state index in [2.05, 4.69) is 25.9 Å². The maximum Gasteiger partial charge on any atom is 0.251 e. The molecule has 0 spiro atoms. The van der Waals surface area contributed by atoms with Crippen LogP contribution in [0.3, 0.4) is 0 Å². The first-order valence-corrected chi connectivity index (χ1v) is 8.08. The lowest BCUT2D eigenvalue weighted by Crippen LogP contribution is -2.44. The molecular formula is C14H17BrN4O2. The van der Waals surface area contributed by atoms with Crippen molar-refractivity contribution in [2.45, 2.75) is 31.8 Å². The van der Waals surface area contributed by atoms with Crippen molar-refractivity contribution in [2.24, 2.45) is 0 Å². The lowest BCUT2D eigenvalue weighted by molar-refractivity contribution is -0.133. The molecule has 0 aliphatic carbocycles. The normalized spacial score (nSPS) is 18.1. The number of rotatable bonds is 5. The van der Waals surface area contributed by atoms with Crippen molar-refractivity contribution < 1.29 is 9.53 Å². The summed E-state index contributed by atoms with van der Waals surface area (Å²) < 4.78 is 5.76. The molecule has 1 aromatic heterocycles. The Balaban J connectivity index is 1.95. The van der Waals surface area contributed by atoms with Gasteiger partial charge in [-0.05, 0) is 19.3 Å². The predicted octanol–water partition coefficient (Wildman–Crippen LogP) is 1.89. The van der Waals surface area contributed by atoms with E-state index in [1.165, 1.54) is 12.4 Å². The van der Waals surface area contributed by atoms with Crippen molar-refractivity contribution >= 4 is 21.8 Å². The molecule has 2 heterocycles. The van der Waals surface area contributed by atoms with Crippen molar-refractivity contribution in [2.75, 3.05) is 18.4 Å². The topological polar surface area (TPSA) is 79.1 Å². The van der Waals surface area contributed by atoms with E-state index < -0.39 is 0 Å². The van der Waals surface area contributed by atoms with E-state index in [1.54, 1.807) is 0 Å². The van der Waals surface area contributed by atoms with Crippen LogP contribution in [0.4, 0.5) is 0 Å². The Kier molecular flexibility index (Phi) is 5.93. The summed E-state index contributed by atoms with van der Waals surface area (Å²) in [4.78, 5) is 21.8. The molecule has 1 unspecified atom stereocenters. The molecule has 1 saturated heterocycles. The average molecular weight is 353 g/mol. The standard InChI is InChI=1S/C14H17BrN4O2/c15-5-1-4-13(20)19-8-2-3-11(10-19)21-14-12(9-16)17-6-7-18-14/h6-7,11H,1-5,8,10H2. The van der Waals surface area contributed by atoms with Crippen LogP contribution >= 0.6 is 15.9 Å². The zero-order chi connectivity index (χ0) is 15.1. The number of aromatic nitrogens is 2. The molecule has 112 valence electrons. The summed E-state index contributed by atoms with van der Waals surface area (Å²) in [6.45, 7) is 1.31. The van der Waals surface area contributed by atoms with Gasteiger partial charge in [-0.1, -0.05) is 15.9 Å². The second-order valence-corrected chi connectivity index (χ2v) is 5.63. The molecule has 1 aromatic rings. The maximum atomic E-state index is 12.0. The first-order chi connectivity index (χ1) is 10.2. The van der Waals surface area contributed by atoms with Crippen LogP contribution in [0.2, 0.25) is 0 Å². The molecule has 7 heteroatoms. The molecular weight excluding hydrogens is 336 g/mol. The van der Waals surface area contributed by atoms with Gasteiger partial charge in [-0.2, -0.15) is 5.26 Å². The van der Waals surface area contributed by atoms with Crippen LogP contribution in [0.15, 0.2) is 12.4 Å². The average Bonchev–Trinajstić information content (AvgIpc) is 2.53. The molecule has 1 amide bonds. The number of amides is 1. The van der Waals surface area contributed by atoms with Crippen LogP contribution in [-0.4, -0.2) is 45.3 Å². The minimum absolute atomic E-state index is 0.129. The summed E-state index contributed by atoms with van der Waals surface area (Å²) in [7, 11) is 0. The fourth-order valence-electron chi connectivity index (χ4n) is 2.28. The third-order valence-electron chi connectivity index (χ3n) is 3.30. The Hall–Kier alpha value is -1.68.